The van der Waals surface area contributed by atoms with Crippen molar-refractivity contribution in [2.75, 3.05) is 18.2 Å². The third-order valence-corrected chi connectivity index (χ3v) is 4.88. The summed E-state index contributed by atoms with van der Waals surface area (Å²) in [5.41, 5.74) is -0.482. The van der Waals surface area contributed by atoms with E-state index >= 15 is 0 Å². The fourth-order valence-corrected chi connectivity index (χ4v) is 3.11. The van der Waals surface area contributed by atoms with E-state index in [1.54, 1.807) is 6.92 Å². The van der Waals surface area contributed by atoms with Crippen LogP contribution in [0.15, 0.2) is 29.4 Å². The van der Waals surface area contributed by atoms with Crippen LogP contribution in [-0.4, -0.2) is 28.7 Å². The number of halogens is 4. The van der Waals surface area contributed by atoms with Crippen LogP contribution in [0.1, 0.15) is 11.1 Å². The van der Waals surface area contributed by atoms with Crippen molar-refractivity contribution in [3.8, 4) is 5.75 Å². The van der Waals surface area contributed by atoms with E-state index in [9.17, 15) is 28.1 Å². The van der Waals surface area contributed by atoms with E-state index in [2.05, 4.69) is 10.3 Å². The lowest BCUT2D eigenvalue weighted by Crippen LogP contribution is -2.15. The summed E-state index contributed by atoms with van der Waals surface area (Å²) in [5.74, 6) is -0.704. The third kappa shape index (κ3) is 5.26. The monoisotopic (exact) mass is 435 g/mol. The highest BCUT2D eigenvalue weighted by Crippen LogP contribution is 2.35. The SMILES string of the molecule is COc1cc(NC(=O)CSc2ncc(C(F)(F)F)cc2Cl)c(C)cc1[N+](=O)[O-]. The highest BCUT2D eigenvalue weighted by molar-refractivity contribution is 8.00. The second kappa shape index (κ2) is 8.65. The molecule has 0 atom stereocenters. The summed E-state index contributed by atoms with van der Waals surface area (Å²) in [7, 11) is 1.26. The number of aryl methyl sites for hydroxylation is 1. The number of carbonyl (C=O) groups excluding carboxylic acids is 1. The van der Waals surface area contributed by atoms with Gasteiger partial charge in [0.1, 0.15) is 5.03 Å². The van der Waals surface area contributed by atoms with Crippen molar-refractivity contribution in [1.29, 1.82) is 0 Å². The number of benzene rings is 1. The molecule has 7 nitrogen and oxygen atoms in total. The Balaban J connectivity index is 2.08. The number of nitro groups is 1. The Morgan fingerprint density at radius 3 is 2.61 bits per heavy atom. The van der Waals surface area contributed by atoms with E-state index in [1.807, 2.05) is 0 Å². The van der Waals surface area contributed by atoms with Gasteiger partial charge in [-0.15, -0.1) is 0 Å². The summed E-state index contributed by atoms with van der Waals surface area (Å²) < 4.78 is 42.8. The molecule has 0 radical (unpaired) electrons. The Morgan fingerprint density at radius 2 is 2.07 bits per heavy atom. The highest BCUT2D eigenvalue weighted by atomic mass is 35.5. The summed E-state index contributed by atoms with van der Waals surface area (Å²) >= 11 is 6.65. The van der Waals surface area contributed by atoms with Gasteiger partial charge in [-0.1, -0.05) is 23.4 Å². The van der Waals surface area contributed by atoms with Gasteiger partial charge in [-0.3, -0.25) is 14.9 Å². The highest BCUT2D eigenvalue weighted by Gasteiger charge is 2.31. The molecule has 1 amide bonds. The second-order valence-corrected chi connectivity index (χ2v) is 6.81. The molecule has 0 fully saturated rings. The van der Waals surface area contributed by atoms with Gasteiger partial charge >= 0.3 is 11.9 Å². The van der Waals surface area contributed by atoms with Gasteiger partial charge in [0.15, 0.2) is 5.75 Å². The lowest BCUT2D eigenvalue weighted by Gasteiger charge is -2.11. The van der Waals surface area contributed by atoms with E-state index in [0.717, 1.165) is 17.8 Å². The van der Waals surface area contributed by atoms with Gasteiger partial charge in [-0.2, -0.15) is 13.2 Å². The van der Waals surface area contributed by atoms with Crippen molar-refractivity contribution < 1.29 is 27.6 Å². The lowest BCUT2D eigenvalue weighted by atomic mass is 10.1. The standard InChI is InChI=1S/C16H13ClF3N3O4S/c1-8-3-12(23(25)26)13(27-2)5-11(8)22-14(24)7-28-15-10(17)4-9(6-21-15)16(18,19)20/h3-6H,7H2,1-2H3,(H,22,24). The van der Waals surface area contributed by atoms with Crippen LogP contribution in [0.25, 0.3) is 0 Å². The number of aromatic nitrogens is 1. The summed E-state index contributed by atoms with van der Waals surface area (Å²) in [6.45, 7) is 1.57. The molecule has 0 saturated carbocycles. The van der Waals surface area contributed by atoms with Crippen LogP contribution in [0, 0.1) is 17.0 Å². The number of hydrogen-bond donors (Lipinski definition) is 1. The van der Waals surface area contributed by atoms with Gasteiger partial charge in [0, 0.05) is 24.0 Å². The molecule has 28 heavy (non-hydrogen) atoms. The number of anilines is 1. The first-order chi connectivity index (χ1) is 13.0. The summed E-state index contributed by atoms with van der Waals surface area (Å²) in [6.07, 6.45) is -3.93. The van der Waals surface area contributed by atoms with Crippen LogP contribution in [-0.2, 0) is 11.0 Å². The zero-order chi connectivity index (χ0) is 21.1. The van der Waals surface area contributed by atoms with Gasteiger partial charge < -0.3 is 10.1 Å². The van der Waals surface area contributed by atoms with Gasteiger partial charge in [0.2, 0.25) is 5.91 Å². The number of nitrogens with zero attached hydrogens (tertiary/aromatic N) is 2. The Bertz CT molecular complexity index is 925. The molecule has 0 aliphatic carbocycles. The average Bonchev–Trinajstić information content (AvgIpc) is 2.61. The number of thioether (sulfide) groups is 1. The smallest absolute Gasteiger partial charge is 0.417 e. The van der Waals surface area contributed by atoms with Crippen LogP contribution >= 0.6 is 23.4 Å². The predicted molar refractivity (Wildman–Crippen MR) is 98.0 cm³/mol. The Kier molecular flexibility index (Phi) is 6.73. The molecule has 0 spiro atoms. The molecule has 1 heterocycles. The number of amides is 1. The van der Waals surface area contributed by atoms with Crippen LogP contribution in [0.5, 0.6) is 5.75 Å². The normalized spacial score (nSPS) is 11.2. The zero-order valence-electron chi connectivity index (χ0n) is 14.5. The average molecular weight is 436 g/mol. The van der Waals surface area contributed by atoms with Crippen molar-refractivity contribution >= 4 is 40.6 Å². The van der Waals surface area contributed by atoms with E-state index < -0.39 is 22.6 Å². The number of ether oxygens (including phenoxy) is 1. The number of pyridine rings is 1. The Labute approximate surface area is 166 Å². The molecular formula is C16H13ClF3N3O4S. The largest absolute Gasteiger partial charge is 0.490 e. The lowest BCUT2D eigenvalue weighted by molar-refractivity contribution is -0.385. The predicted octanol–water partition coefficient (Wildman–Crippen LogP) is 4.71. The van der Waals surface area contributed by atoms with Gasteiger partial charge in [0.05, 0.1) is 28.4 Å². The minimum absolute atomic E-state index is 0.0222. The van der Waals surface area contributed by atoms with Crippen LogP contribution in [0.2, 0.25) is 5.02 Å². The van der Waals surface area contributed by atoms with Crippen molar-refractivity contribution in [3.63, 3.8) is 0 Å². The molecule has 2 aromatic rings. The number of rotatable bonds is 6. The molecule has 0 aliphatic heterocycles. The van der Waals surface area contributed by atoms with Crippen molar-refractivity contribution in [2.24, 2.45) is 0 Å². The number of hydrogen-bond acceptors (Lipinski definition) is 6. The first kappa shape index (κ1) is 21.8. The third-order valence-electron chi connectivity index (χ3n) is 3.47. The fourth-order valence-electron chi connectivity index (χ4n) is 2.12. The molecule has 1 aromatic heterocycles. The van der Waals surface area contributed by atoms with Crippen LogP contribution in [0.4, 0.5) is 24.5 Å². The van der Waals surface area contributed by atoms with E-state index in [0.29, 0.717) is 17.4 Å². The van der Waals surface area contributed by atoms with Crippen LogP contribution < -0.4 is 10.1 Å². The van der Waals surface area contributed by atoms with Crippen LogP contribution in [0.3, 0.4) is 0 Å². The summed E-state index contributed by atoms with van der Waals surface area (Å²) in [4.78, 5) is 26.2. The molecule has 150 valence electrons. The van der Waals surface area contributed by atoms with Crippen molar-refractivity contribution in [3.05, 3.63) is 50.7 Å². The number of nitrogens with one attached hydrogen (secondary N) is 1. The first-order valence-corrected chi connectivity index (χ1v) is 8.87. The quantitative estimate of drug-likeness (QED) is 0.401. The molecule has 1 aromatic carbocycles. The zero-order valence-corrected chi connectivity index (χ0v) is 16.0. The second-order valence-electron chi connectivity index (χ2n) is 5.44. The van der Waals surface area contributed by atoms with Gasteiger partial charge in [-0.25, -0.2) is 4.98 Å². The maximum absolute atomic E-state index is 12.6. The maximum Gasteiger partial charge on any atom is 0.417 e. The Morgan fingerprint density at radius 1 is 1.39 bits per heavy atom. The molecule has 0 unspecified atom stereocenters. The molecule has 1 N–H and O–H groups in total. The molecule has 0 aliphatic rings. The fraction of sp³-hybridized carbons (Fsp3) is 0.250. The van der Waals surface area contributed by atoms with E-state index in [1.165, 1.54) is 19.2 Å². The minimum atomic E-state index is -4.57. The number of carbonyl (C=O) groups is 1. The number of nitro benzene ring substituents is 1. The van der Waals surface area contributed by atoms with Gasteiger partial charge in [0.25, 0.3) is 0 Å². The molecule has 12 heteroatoms. The number of methoxy groups -OCH3 is 1. The molecular weight excluding hydrogens is 423 g/mol. The van der Waals surface area contributed by atoms with Crippen molar-refractivity contribution in [2.45, 2.75) is 18.1 Å². The van der Waals surface area contributed by atoms with E-state index in [4.69, 9.17) is 16.3 Å². The molecule has 2 rings (SSSR count). The van der Waals surface area contributed by atoms with E-state index in [-0.39, 0.29) is 27.2 Å². The number of alkyl halides is 3. The first-order valence-electron chi connectivity index (χ1n) is 7.51. The molecule has 0 saturated heterocycles. The Hall–Kier alpha value is -2.53. The van der Waals surface area contributed by atoms with Crippen molar-refractivity contribution in [1.82, 2.24) is 4.98 Å². The summed E-state index contributed by atoms with van der Waals surface area (Å²) in [5, 5.41) is 13.4. The summed E-state index contributed by atoms with van der Waals surface area (Å²) in [6, 6.07) is 3.31. The van der Waals surface area contributed by atoms with Gasteiger partial charge in [-0.05, 0) is 18.6 Å². The molecule has 0 bridgehead atoms. The topological polar surface area (TPSA) is 94.4 Å². The minimum Gasteiger partial charge on any atom is -0.490 e. The maximum atomic E-state index is 12.6.